The van der Waals surface area contributed by atoms with Crippen molar-refractivity contribution in [3.8, 4) is 0 Å². The molecule has 0 unspecified atom stereocenters. The molecule has 0 spiro atoms. The Morgan fingerprint density at radius 1 is 1.42 bits per heavy atom. The van der Waals surface area contributed by atoms with Gasteiger partial charge in [-0.25, -0.2) is 9.29 Å². The first-order valence-electron chi connectivity index (χ1n) is 5.41. The van der Waals surface area contributed by atoms with Crippen LogP contribution < -0.4 is 0 Å². The minimum atomic E-state index is -4.07. The number of aromatic nitrogens is 1. The average molecular weight is 284 g/mol. The summed E-state index contributed by atoms with van der Waals surface area (Å²) in [5, 5.41) is -0.293. The molecule has 0 atom stereocenters. The van der Waals surface area contributed by atoms with Gasteiger partial charge in [-0.2, -0.15) is 8.42 Å². The Balaban J connectivity index is 2.59. The molecule has 0 saturated heterocycles. The van der Waals surface area contributed by atoms with Crippen molar-refractivity contribution in [1.82, 2.24) is 9.29 Å². The summed E-state index contributed by atoms with van der Waals surface area (Å²) in [6.45, 7) is 2.62. The van der Waals surface area contributed by atoms with Crippen LogP contribution in [-0.4, -0.2) is 43.2 Å². The van der Waals surface area contributed by atoms with Crippen LogP contribution in [0.4, 0.5) is 0 Å². The van der Waals surface area contributed by atoms with Crippen LogP contribution in [0.2, 0.25) is 0 Å². The van der Waals surface area contributed by atoms with Crippen molar-refractivity contribution in [1.29, 1.82) is 0 Å². The number of aryl methyl sites for hydroxylation is 2. The van der Waals surface area contributed by atoms with Gasteiger partial charge in [0.1, 0.15) is 6.54 Å². The van der Waals surface area contributed by atoms with Gasteiger partial charge in [0.05, 0.1) is 12.7 Å². The Bertz CT molecular complexity index is 681. The van der Waals surface area contributed by atoms with Crippen molar-refractivity contribution in [3.05, 3.63) is 22.9 Å². The molecular formula is C11H12N2O5S. The van der Waals surface area contributed by atoms with Gasteiger partial charge in [0.2, 0.25) is 0 Å². The van der Waals surface area contributed by atoms with E-state index in [1.165, 1.54) is 0 Å². The topological polar surface area (TPSA) is 93.6 Å². The van der Waals surface area contributed by atoms with Gasteiger partial charge >= 0.3 is 5.97 Å². The number of esters is 1. The van der Waals surface area contributed by atoms with E-state index in [0.29, 0.717) is 15.6 Å². The van der Waals surface area contributed by atoms with Crippen LogP contribution in [0.1, 0.15) is 21.6 Å². The predicted octanol–water partition coefficient (Wildman–Crippen LogP) is 0.0159. The number of amides is 1. The minimum absolute atomic E-state index is 0.0227. The molecule has 0 aliphatic carbocycles. The lowest BCUT2D eigenvalue weighted by Gasteiger charge is -2.12. The molecule has 19 heavy (non-hydrogen) atoms. The van der Waals surface area contributed by atoms with Crippen LogP contribution in [0.25, 0.3) is 0 Å². The molecule has 1 aliphatic heterocycles. The van der Waals surface area contributed by atoms with Gasteiger partial charge in [0.25, 0.3) is 15.9 Å². The lowest BCUT2D eigenvalue weighted by atomic mass is 10.1. The van der Waals surface area contributed by atoms with Gasteiger partial charge in [-0.15, -0.1) is 0 Å². The third-order valence-corrected chi connectivity index (χ3v) is 4.45. The molecule has 1 amide bonds. The first kappa shape index (κ1) is 13.5. The highest BCUT2D eigenvalue weighted by Gasteiger charge is 2.44. The molecule has 8 heteroatoms. The summed E-state index contributed by atoms with van der Waals surface area (Å²) in [4.78, 5) is 27.2. The summed E-state index contributed by atoms with van der Waals surface area (Å²) in [5.74, 6) is -1.55. The smallest absolute Gasteiger partial charge is 0.326 e. The second-order valence-electron chi connectivity index (χ2n) is 4.15. The first-order valence-corrected chi connectivity index (χ1v) is 6.85. The van der Waals surface area contributed by atoms with E-state index in [1.807, 2.05) is 0 Å². The van der Waals surface area contributed by atoms with E-state index >= 15 is 0 Å². The van der Waals surface area contributed by atoms with E-state index in [2.05, 4.69) is 9.72 Å². The molecule has 7 nitrogen and oxygen atoms in total. The maximum absolute atomic E-state index is 12.2. The van der Waals surface area contributed by atoms with Crippen molar-refractivity contribution >= 4 is 21.9 Å². The Hall–Kier alpha value is -1.96. The number of carbonyl (C=O) groups is 2. The molecule has 1 aliphatic rings. The van der Waals surface area contributed by atoms with Gasteiger partial charge in [-0.05, 0) is 25.5 Å². The largest absolute Gasteiger partial charge is 0.468 e. The van der Waals surface area contributed by atoms with Crippen LogP contribution in [0.3, 0.4) is 0 Å². The number of fused-ring (bicyclic) bond motifs is 1. The molecule has 0 saturated carbocycles. The van der Waals surface area contributed by atoms with Gasteiger partial charge in [0, 0.05) is 5.69 Å². The zero-order chi connectivity index (χ0) is 14.4. The Morgan fingerprint density at radius 3 is 2.63 bits per heavy atom. The molecule has 2 heterocycles. The second kappa shape index (κ2) is 4.30. The van der Waals surface area contributed by atoms with E-state index in [1.54, 1.807) is 19.9 Å². The average Bonchev–Trinajstić information content (AvgIpc) is 2.50. The Morgan fingerprint density at radius 2 is 2.05 bits per heavy atom. The number of hydrogen-bond acceptors (Lipinski definition) is 6. The van der Waals surface area contributed by atoms with E-state index in [9.17, 15) is 18.0 Å². The summed E-state index contributed by atoms with van der Waals surface area (Å²) in [6.07, 6.45) is 0. The van der Waals surface area contributed by atoms with Crippen LogP contribution in [0.5, 0.6) is 0 Å². The van der Waals surface area contributed by atoms with Crippen molar-refractivity contribution in [2.24, 2.45) is 0 Å². The van der Waals surface area contributed by atoms with Gasteiger partial charge in [-0.1, -0.05) is 0 Å². The highest BCUT2D eigenvalue weighted by molar-refractivity contribution is 7.90. The number of sulfonamides is 1. The highest BCUT2D eigenvalue weighted by Crippen LogP contribution is 2.31. The van der Waals surface area contributed by atoms with E-state index in [4.69, 9.17) is 0 Å². The van der Waals surface area contributed by atoms with Crippen molar-refractivity contribution in [2.45, 2.75) is 18.9 Å². The summed E-state index contributed by atoms with van der Waals surface area (Å²) in [7, 11) is -2.95. The van der Waals surface area contributed by atoms with Crippen molar-refractivity contribution < 1.29 is 22.7 Å². The number of methoxy groups -OCH3 is 1. The highest BCUT2D eigenvalue weighted by atomic mass is 32.2. The van der Waals surface area contributed by atoms with Crippen molar-refractivity contribution in [3.63, 3.8) is 0 Å². The van der Waals surface area contributed by atoms with Gasteiger partial charge in [0.15, 0.2) is 5.03 Å². The summed E-state index contributed by atoms with van der Waals surface area (Å²) in [5.41, 5.74) is 1.03. The van der Waals surface area contributed by atoms with Crippen LogP contribution in [0.15, 0.2) is 11.1 Å². The quantitative estimate of drug-likeness (QED) is 0.710. The summed E-state index contributed by atoms with van der Waals surface area (Å²) >= 11 is 0. The lowest BCUT2D eigenvalue weighted by molar-refractivity contribution is -0.140. The fourth-order valence-electron chi connectivity index (χ4n) is 1.93. The molecule has 1 aromatic heterocycles. The summed E-state index contributed by atoms with van der Waals surface area (Å²) < 4.78 is 29.2. The number of nitrogens with zero attached hydrogens (tertiary/aromatic N) is 2. The number of carbonyl (C=O) groups excluding carboxylic acids is 2. The Labute approximate surface area is 110 Å². The summed E-state index contributed by atoms with van der Waals surface area (Å²) in [6, 6.07) is 1.62. The number of pyridine rings is 1. The van der Waals surface area contributed by atoms with E-state index in [0.717, 1.165) is 7.11 Å². The molecule has 0 radical (unpaired) electrons. The SMILES string of the molecule is COC(=O)CN1C(=O)c2c(C)cc(C)nc2S1(=O)=O. The van der Waals surface area contributed by atoms with Gasteiger partial charge < -0.3 is 4.74 Å². The van der Waals surface area contributed by atoms with Crippen molar-refractivity contribution in [2.75, 3.05) is 13.7 Å². The van der Waals surface area contributed by atoms with Crippen LogP contribution >= 0.6 is 0 Å². The number of hydrogen-bond donors (Lipinski definition) is 0. The van der Waals surface area contributed by atoms with Crippen LogP contribution in [-0.2, 0) is 19.6 Å². The van der Waals surface area contributed by atoms with Crippen LogP contribution in [0, 0.1) is 13.8 Å². The van der Waals surface area contributed by atoms with Gasteiger partial charge in [-0.3, -0.25) is 9.59 Å². The molecular weight excluding hydrogens is 272 g/mol. The first-order chi connectivity index (χ1) is 8.78. The maximum atomic E-state index is 12.2. The zero-order valence-electron chi connectivity index (χ0n) is 10.6. The molecule has 0 aromatic carbocycles. The maximum Gasteiger partial charge on any atom is 0.326 e. The number of rotatable bonds is 2. The fraction of sp³-hybridized carbons (Fsp3) is 0.364. The van der Waals surface area contributed by atoms with E-state index < -0.39 is 28.4 Å². The molecule has 0 bridgehead atoms. The molecule has 0 fully saturated rings. The third kappa shape index (κ3) is 1.97. The molecule has 2 rings (SSSR count). The third-order valence-electron chi connectivity index (χ3n) is 2.79. The Kier molecular flexibility index (Phi) is 3.05. The monoisotopic (exact) mass is 284 g/mol. The standard InChI is InChI=1S/C11H12N2O5S/c1-6-4-7(2)12-10-9(6)11(15)13(19(10,16)17)5-8(14)18-3/h4H,5H2,1-3H3. The predicted molar refractivity (Wildman–Crippen MR) is 63.9 cm³/mol. The normalized spacial score (nSPS) is 16.4. The molecule has 102 valence electrons. The molecule has 1 aromatic rings. The lowest BCUT2D eigenvalue weighted by Crippen LogP contribution is -2.35. The molecule has 0 N–H and O–H groups in total. The number of ether oxygens (including phenoxy) is 1. The minimum Gasteiger partial charge on any atom is -0.468 e. The fourth-order valence-corrected chi connectivity index (χ4v) is 3.49. The van der Waals surface area contributed by atoms with E-state index in [-0.39, 0.29) is 10.6 Å². The zero-order valence-corrected chi connectivity index (χ0v) is 11.4. The second-order valence-corrected chi connectivity index (χ2v) is 5.93.